The number of hydrogen-bond donors (Lipinski definition) is 1. The molecule has 16 heavy (non-hydrogen) atoms. The van der Waals surface area contributed by atoms with Crippen LogP contribution >= 0.6 is 15.9 Å². The second-order valence-corrected chi connectivity index (χ2v) is 6.26. The highest BCUT2D eigenvalue weighted by molar-refractivity contribution is 9.09. The van der Waals surface area contributed by atoms with Crippen LogP contribution in [0.4, 0.5) is 0 Å². The molecule has 1 N–H and O–H groups in total. The van der Waals surface area contributed by atoms with Crippen LogP contribution in [0.1, 0.15) is 27.7 Å². The van der Waals surface area contributed by atoms with Gasteiger partial charge in [-0.15, -0.1) is 0 Å². The van der Waals surface area contributed by atoms with Gasteiger partial charge in [0, 0.05) is 17.8 Å². The van der Waals surface area contributed by atoms with E-state index >= 15 is 0 Å². The fraction of sp³-hybridized carbons (Fsp3) is 0.917. The maximum Gasteiger partial charge on any atom is 0.224 e. The minimum absolute atomic E-state index is 0.119. The van der Waals surface area contributed by atoms with E-state index in [-0.39, 0.29) is 22.7 Å². The van der Waals surface area contributed by atoms with Crippen LogP contribution in [0.5, 0.6) is 0 Å². The van der Waals surface area contributed by atoms with E-state index in [1.807, 2.05) is 0 Å². The van der Waals surface area contributed by atoms with Gasteiger partial charge < -0.3 is 10.1 Å². The van der Waals surface area contributed by atoms with Crippen molar-refractivity contribution in [2.24, 2.45) is 16.7 Å². The molecule has 1 rings (SSSR count). The van der Waals surface area contributed by atoms with Crippen LogP contribution in [0, 0.1) is 16.7 Å². The van der Waals surface area contributed by atoms with E-state index in [4.69, 9.17) is 4.74 Å². The number of carbonyl (C=O) groups excluding carboxylic acids is 1. The number of nitrogens with one attached hydrogen (secondary N) is 1. The number of ether oxygens (including phenoxy) is 1. The third kappa shape index (κ3) is 2.59. The van der Waals surface area contributed by atoms with Crippen LogP contribution in [0.3, 0.4) is 0 Å². The predicted molar refractivity (Wildman–Crippen MR) is 68.7 cm³/mol. The highest BCUT2D eigenvalue weighted by Crippen LogP contribution is 2.68. The Morgan fingerprint density at radius 2 is 1.81 bits per heavy atom. The lowest BCUT2D eigenvalue weighted by Gasteiger charge is -2.06. The van der Waals surface area contributed by atoms with Gasteiger partial charge in [-0.1, -0.05) is 43.6 Å². The van der Waals surface area contributed by atoms with Gasteiger partial charge in [0.2, 0.25) is 5.91 Å². The Labute approximate surface area is 106 Å². The molecule has 0 saturated heterocycles. The molecule has 4 heteroatoms. The first-order valence-corrected chi connectivity index (χ1v) is 6.89. The molecule has 1 amide bonds. The lowest BCUT2D eigenvalue weighted by Crippen LogP contribution is -2.30. The Bertz CT molecular complexity index is 250. The molecule has 0 bridgehead atoms. The Morgan fingerprint density at radius 3 is 2.25 bits per heavy atom. The van der Waals surface area contributed by atoms with Gasteiger partial charge in [-0.2, -0.15) is 0 Å². The summed E-state index contributed by atoms with van der Waals surface area (Å²) in [7, 11) is 0. The minimum Gasteiger partial charge on any atom is -0.379 e. The number of carbonyl (C=O) groups is 1. The standard InChI is InChI=1S/C12H22BrNO2/c1-11(2)9(12(11,3)4)10(15)14-6-8-16-7-5-13/h9H,5-8H2,1-4H3,(H,14,15). The molecule has 0 aliphatic heterocycles. The van der Waals surface area contributed by atoms with Crippen molar-refractivity contribution in [2.45, 2.75) is 27.7 Å². The molecule has 0 spiro atoms. The van der Waals surface area contributed by atoms with Crippen molar-refractivity contribution in [1.29, 1.82) is 0 Å². The number of hydrogen-bond acceptors (Lipinski definition) is 2. The smallest absolute Gasteiger partial charge is 0.224 e. The lowest BCUT2D eigenvalue weighted by atomic mass is 10.0. The SMILES string of the molecule is CC1(C)C(C(=O)NCCOCCBr)C1(C)C. The summed E-state index contributed by atoms with van der Waals surface area (Å²) in [6.07, 6.45) is 0. The summed E-state index contributed by atoms with van der Waals surface area (Å²) in [6, 6.07) is 0. The molecular formula is C12H22BrNO2. The van der Waals surface area contributed by atoms with E-state index in [2.05, 4.69) is 48.9 Å². The van der Waals surface area contributed by atoms with Crippen molar-refractivity contribution in [3.05, 3.63) is 0 Å². The Morgan fingerprint density at radius 1 is 1.25 bits per heavy atom. The topological polar surface area (TPSA) is 38.3 Å². The van der Waals surface area contributed by atoms with Crippen molar-refractivity contribution in [1.82, 2.24) is 5.32 Å². The second kappa shape index (κ2) is 5.05. The molecule has 1 saturated carbocycles. The molecule has 0 aromatic heterocycles. The quantitative estimate of drug-likeness (QED) is 0.602. The molecule has 94 valence electrons. The summed E-state index contributed by atoms with van der Waals surface area (Å²) < 4.78 is 5.28. The van der Waals surface area contributed by atoms with Crippen LogP contribution < -0.4 is 5.32 Å². The van der Waals surface area contributed by atoms with E-state index in [0.29, 0.717) is 19.8 Å². The normalized spacial score (nSPS) is 21.8. The van der Waals surface area contributed by atoms with Crippen LogP contribution in [-0.4, -0.2) is 31.0 Å². The molecule has 0 aromatic carbocycles. The van der Waals surface area contributed by atoms with Crippen LogP contribution in [0.25, 0.3) is 0 Å². The number of rotatable bonds is 6. The van der Waals surface area contributed by atoms with Crippen LogP contribution in [0.15, 0.2) is 0 Å². The summed E-state index contributed by atoms with van der Waals surface area (Å²) in [4.78, 5) is 11.9. The molecule has 0 heterocycles. The van der Waals surface area contributed by atoms with Gasteiger partial charge in [-0.05, 0) is 10.8 Å². The van der Waals surface area contributed by atoms with E-state index < -0.39 is 0 Å². The third-order valence-corrected chi connectivity index (χ3v) is 4.37. The van der Waals surface area contributed by atoms with E-state index in [1.165, 1.54) is 0 Å². The van der Waals surface area contributed by atoms with Gasteiger partial charge in [0.1, 0.15) is 0 Å². The molecule has 0 aromatic rings. The third-order valence-electron chi connectivity index (χ3n) is 4.05. The second-order valence-electron chi connectivity index (χ2n) is 5.47. The first kappa shape index (κ1) is 14.0. The predicted octanol–water partition coefficient (Wildman–Crippen LogP) is 2.20. The molecule has 1 aliphatic rings. The largest absolute Gasteiger partial charge is 0.379 e. The molecule has 0 unspecified atom stereocenters. The highest BCUT2D eigenvalue weighted by atomic mass is 79.9. The summed E-state index contributed by atoms with van der Waals surface area (Å²) in [5.74, 6) is 0.300. The van der Waals surface area contributed by atoms with Crippen LogP contribution in [-0.2, 0) is 9.53 Å². The number of halogens is 1. The highest BCUT2D eigenvalue weighted by Gasteiger charge is 2.68. The van der Waals surface area contributed by atoms with Crippen molar-refractivity contribution in [3.63, 3.8) is 0 Å². The Hall–Kier alpha value is -0.0900. The summed E-state index contributed by atoms with van der Waals surface area (Å²) in [5.41, 5.74) is 0.238. The van der Waals surface area contributed by atoms with Gasteiger partial charge in [-0.3, -0.25) is 4.79 Å². The van der Waals surface area contributed by atoms with E-state index in [0.717, 1.165) is 5.33 Å². The Balaban J connectivity index is 2.23. The van der Waals surface area contributed by atoms with E-state index in [9.17, 15) is 4.79 Å². The monoisotopic (exact) mass is 291 g/mol. The maximum absolute atomic E-state index is 11.9. The summed E-state index contributed by atoms with van der Waals surface area (Å²) >= 11 is 3.28. The zero-order valence-electron chi connectivity index (χ0n) is 10.6. The molecule has 3 nitrogen and oxygen atoms in total. The van der Waals surface area contributed by atoms with Gasteiger partial charge in [0.05, 0.1) is 13.2 Å². The first-order chi connectivity index (χ1) is 7.35. The zero-order chi connectivity index (χ0) is 12.4. The first-order valence-electron chi connectivity index (χ1n) is 5.77. The summed E-state index contributed by atoms with van der Waals surface area (Å²) in [6.45, 7) is 10.5. The van der Waals surface area contributed by atoms with Crippen molar-refractivity contribution >= 4 is 21.8 Å². The summed E-state index contributed by atoms with van der Waals surface area (Å²) in [5, 5.41) is 3.77. The molecule has 1 aliphatic carbocycles. The fourth-order valence-electron chi connectivity index (χ4n) is 2.36. The lowest BCUT2D eigenvalue weighted by molar-refractivity contribution is -0.123. The Kier molecular flexibility index (Phi) is 4.41. The van der Waals surface area contributed by atoms with Gasteiger partial charge in [0.15, 0.2) is 0 Å². The van der Waals surface area contributed by atoms with Crippen molar-refractivity contribution < 1.29 is 9.53 Å². The minimum atomic E-state index is 0.119. The average molecular weight is 292 g/mol. The van der Waals surface area contributed by atoms with E-state index in [1.54, 1.807) is 0 Å². The maximum atomic E-state index is 11.9. The molecule has 0 radical (unpaired) electrons. The molecule has 0 atom stereocenters. The van der Waals surface area contributed by atoms with Crippen molar-refractivity contribution in [3.8, 4) is 0 Å². The number of alkyl halides is 1. The van der Waals surface area contributed by atoms with Gasteiger partial charge in [-0.25, -0.2) is 0 Å². The van der Waals surface area contributed by atoms with Gasteiger partial charge in [0.25, 0.3) is 0 Å². The molecular weight excluding hydrogens is 270 g/mol. The number of amides is 1. The van der Waals surface area contributed by atoms with Crippen molar-refractivity contribution in [2.75, 3.05) is 25.1 Å². The average Bonchev–Trinajstić information content (AvgIpc) is 2.57. The molecule has 1 fully saturated rings. The van der Waals surface area contributed by atoms with Gasteiger partial charge >= 0.3 is 0 Å². The zero-order valence-corrected chi connectivity index (χ0v) is 12.2. The van der Waals surface area contributed by atoms with Crippen LogP contribution in [0.2, 0.25) is 0 Å². The fourth-order valence-corrected chi connectivity index (χ4v) is 2.59.